The second-order valence-corrected chi connectivity index (χ2v) is 8.34. The lowest BCUT2D eigenvalue weighted by Gasteiger charge is -2.10. The average Bonchev–Trinajstić information content (AvgIpc) is 2.62. The summed E-state index contributed by atoms with van der Waals surface area (Å²) in [5, 5.41) is 8.98. The van der Waals surface area contributed by atoms with Gasteiger partial charge in [-0.25, -0.2) is 23.4 Å². The lowest BCUT2D eigenvalue weighted by molar-refractivity contribution is 0.0970. The number of benzene rings is 1. The Morgan fingerprint density at radius 3 is 2.68 bits per heavy atom. The maximum atomic E-state index is 12.8. The standard InChI is InChI=1S/C17H12ClN5O4S/c1-8-3-4-12-9(5-8)16(25)23-15(21-12)10(6-19)14(24)13-11(18)7-20-17(22-13)28(2,26)27/h3-5,7,10H,1-2H3,(H,21,23,25). The molecule has 1 atom stereocenters. The van der Waals surface area contributed by atoms with E-state index < -0.39 is 37.9 Å². The molecule has 0 fully saturated rings. The number of carbonyl (C=O) groups excluding carboxylic acids is 1. The molecular formula is C17H12ClN5O4S. The lowest BCUT2D eigenvalue weighted by atomic mass is 10.0. The first-order valence-corrected chi connectivity index (χ1v) is 10.1. The van der Waals surface area contributed by atoms with Gasteiger partial charge < -0.3 is 4.98 Å². The van der Waals surface area contributed by atoms with E-state index in [9.17, 15) is 23.3 Å². The van der Waals surface area contributed by atoms with E-state index in [1.165, 1.54) is 0 Å². The fourth-order valence-electron chi connectivity index (χ4n) is 2.49. The Labute approximate surface area is 164 Å². The number of nitrogens with one attached hydrogen (secondary N) is 1. The Hall–Kier alpha value is -3.16. The monoisotopic (exact) mass is 417 g/mol. The molecular weight excluding hydrogens is 406 g/mol. The van der Waals surface area contributed by atoms with Crippen LogP contribution in [-0.4, -0.2) is 40.4 Å². The number of rotatable bonds is 4. The van der Waals surface area contributed by atoms with Gasteiger partial charge in [0, 0.05) is 6.26 Å². The second kappa shape index (κ2) is 7.10. The Balaban J connectivity index is 2.14. The molecule has 1 aromatic carbocycles. The van der Waals surface area contributed by atoms with Gasteiger partial charge in [0.25, 0.3) is 5.56 Å². The van der Waals surface area contributed by atoms with Crippen molar-refractivity contribution in [3.05, 3.63) is 56.9 Å². The number of nitriles is 1. The molecule has 0 aliphatic rings. The van der Waals surface area contributed by atoms with Gasteiger partial charge in [0.15, 0.2) is 5.92 Å². The molecule has 9 nitrogen and oxygen atoms in total. The molecule has 0 aliphatic heterocycles. The summed E-state index contributed by atoms with van der Waals surface area (Å²) in [5.41, 5.74) is 0.196. The maximum Gasteiger partial charge on any atom is 0.258 e. The maximum absolute atomic E-state index is 12.8. The van der Waals surface area contributed by atoms with E-state index in [0.29, 0.717) is 10.9 Å². The van der Waals surface area contributed by atoms with E-state index in [2.05, 4.69) is 19.9 Å². The molecule has 0 aliphatic carbocycles. The molecule has 0 spiro atoms. The molecule has 1 N–H and O–H groups in total. The Kier molecular flexibility index (Phi) is 4.97. The van der Waals surface area contributed by atoms with Crippen molar-refractivity contribution in [2.75, 3.05) is 6.26 Å². The summed E-state index contributed by atoms with van der Waals surface area (Å²) in [4.78, 5) is 39.0. The minimum absolute atomic E-state index is 0.190. The first-order chi connectivity index (χ1) is 13.1. The predicted molar refractivity (Wildman–Crippen MR) is 99.9 cm³/mol. The molecule has 11 heteroatoms. The number of fused-ring (bicyclic) bond motifs is 1. The molecule has 142 valence electrons. The van der Waals surface area contributed by atoms with Crippen LogP contribution in [0.2, 0.25) is 5.02 Å². The highest BCUT2D eigenvalue weighted by Crippen LogP contribution is 2.23. The van der Waals surface area contributed by atoms with Crippen LogP contribution < -0.4 is 5.56 Å². The molecule has 28 heavy (non-hydrogen) atoms. The fourth-order valence-corrected chi connectivity index (χ4v) is 3.18. The summed E-state index contributed by atoms with van der Waals surface area (Å²) in [7, 11) is -3.80. The van der Waals surface area contributed by atoms with Crippen LogP contribution in [0.15, 0.2) is 34.3 Å². The zero-order valence-electron chi connectivity index (χ0n) is 14.6. The molecule has 2 heterocycles. The number of H-pyrrole nitrogens is 1. The molecule has 0 radical (unpaired) electrons. The van der Waals surface area contributed by atoms with Gasteiger partial charge in [0.1, 0.15) is 11.5 Å². The number of nitrogens with zero attached hydrogens (tertiary/aromatic N) is 4. The Morgan fingerprint density at radius 2 is 2.04 bits per heavy atom. The number of halogens is 1. The summed E-state index contributed by atoms with van der Waals surface area (Å²) < 4.78 is 23.3. The smallest absolute Gasteiger partial charge is 0.258 e. The van der Waals surface area contributed by atoms with Crippen LogP contribution in [0.1, 0.15) is 27.8 Å². The quantitative estimate of drug-likeness (QED) is 0.497. The zero-order chi connectivity index (χ0) is 20.6. The molecule has 3 aromatic rings. The second-order valence-electron chi connectivity index (χ2n) is 6.02. The topological polar surface area (TPSA) is 147 Å². The fraction of sp³-hybridized carbons (Fsp3) is 0.176. The van der Waals surface area contributed by atoms with E-state index in [4.69, 9.17) is 11.6 Å². The molecule has 0 saturated carbocycles. The van der Waals surface area contributed by atoms with E-state index in [1.54, 1.807) is 24.3 Å². The SMILES string of the molecule is Cc1ccc2nc(C(C#N)C(=O)c3nc(S(C)(=O)=O)ncc3Cl)[nH]c(=O)c2c1. The van der Waals surface area contributed by atoms with Crippen molar-refractivity contribution in [1.29, 1.82) is 5.26 Å². The molecule has 1 unspecified atom stereocenters. The van der Waals surface area contributed by atoms with Gasteiger partial charge in [-0.3, -0.25) is 9.59 Å². The highest BCUT2D eigenvalue weighted by atomic mass is 35.5. The van der Waals surface area contributed by atoms with Crippen LogP contribution in [0.4, 0.5) is 0 Å². The number of ketones is 1. The number of hydrogen-bond acceptors (Lipinski definition) is 8. The Morgan fingerprint density at radius 1 is 1.32 bits per heavy atom. The first kappa shape index (κ1) is 19.6. The summed E-state index contributed by atoms with van der Waals surface area (Å²) >= 11 is 5.93. The van der Waals surface area contributed by atoms with Crippen molar-refractivity contribution in [1.82, 2.24) is 19.9 Å². The Bertz CT molecular complexity index is 1330. The van der Waals surface area contributed by atoms with Crippen LogP contribution in [0.5, 0.6) is 0 Å². The van der Waals surface area contributed by atoms with E-state index in [0.717, 1.165) is 18.0 Å². The number of Topliss-reactive ketones (excluding diaryl/α,β-unsaturated/α-hetero) is 1. The number of carbonyl (C=O) groups is 1. The summed E-state index contributed by atoms with van der Waals surface area (Å²) in [6.45, 7) is 1.81. The van der Waals surface area contributed by atoms with Crippen molar-refractivity contribution in [2.24, 2.45) is 0 Å². The van der Waals surface area contributed by atoms with Gasteiger partial charge >= 0.3 is 0 Å². The van der Waals surface area contributed by atoms with Crippen LogP contribution in [0.25, 0.3) is 10.9 Å². The minimum atomic E-state index is -3.80. The number of sulfone groups is 1. The molecule has 3 rings (SSSR count). The normalized spacial score (nSPS) is 12.5. The predicted octanol–water partition coefficient (Wildman–Crippen LogP) is 1.57. The number of aromatic amines is 1. The molecule has 0 bridgehead atoms. The van der Waals surface area contributed by atoms with Gasteiger partial charge in [-0.2, -0.15) is 5.26 Å². The van der Waals surface area contributed by atoms with Crippen LogP contribution >= 0.6 is 11.6 Å². The third kappa shape index (κ3) is 3.62. The van der Waals surface area contributed by atoms with Gasteiger partial charge in [-0.1, -0.05) is 23.2 Å². The zero-order valence-corrected chi connectivity index (χ0v) is 16.2. The van der Waals surface area contributed by atoms with E-state index in [-0.39, 0.29) is 10.8 Å². The summed E-state index contributed by atoms with van der Waals surface area (Å²) in [6, 6.07) is 6.72. The van der Waals surface area contributed by atoms with Gasteiger partial charge in [-0.05, 0) is 19.1 Å². The number of aryl methyl sites for hydroxylation is 1. The summed E-state index contributed by atoms with van der Waals surface area (Å²) in [5.74, 6) is -2.64. The van der Waals surface area contributed by atoms with Crippen molar-refractivity contribution < 1.29 is 13.2 Å². The highest BCUT2D eigenvalue weighted by molar-refractivity contribution is 7.90. The third-order valence-corrected chi connectivity index (χ3v) is 4.97. The van der Waals surface area contributed by atoms with Crippen molar-refractivity contribution in [2.45, 2.75) is 18.0 Å². The molecule has 0 saturated heterocycles. The highest BCUT2D eigenvalue weighted by Gasteiger charge is 2.29. The number of aromatic nitrogens is 4. The summed E-state index contributed by atoms with van der Waals surface area (Å²) in [6.07, 6.45) is 1.84. The van der Waals surface area contributed by atoms with Gasteiger partial charge in [0.2, 0.25) is 20.8 Å². The van der Waals surface area contributed by atoms with E-state index >= 15 is 0 Å². The van der Waals surface area contributed by atoms with Crippen LogP contribution in [0.3, 0.4) is 0 Å². The average molecular weight is 418 g/mol. The first-order valence-electron chi connectivity index (χ1n) is 7.79. The van der Waals surface area contributed by atoms with Crippen molar-refractivity contribution in [3.8, 4) is 6.07 Å². The lowest BCUT2D eigenvalue weighted by Crippen LogP contribution is -2.21. The molecule has 0 amide bonds. The minimum Gasteiger partial charge on any atom is -0.308 e. The van der Waals surface area contributed by atoms with Crippen molar-refractivity contribution in [3.63, 3.8) is 0 Å². The van der Waals surface area contributed by atoms with Crippen molar-refractivity contribution >= 4 is 38.1 Å². The molecule has 2 aromatic heterocycles. The largest absolute Gasteiger partial charge is 0.308 e. The van der Waals surface area contributed by atoms with E-state index in [1.807, 2.05) is 6.92 Å². The van der Waals surface area contributed by atoms with Crippen LogP contribution in [0, 0.1) is 18.3 Å². The van der Waals surface area contributed by atoms with Gasteiger partial charge in [0.05, 0.1) is 28.2 Å². The van der Waals surface area contributed by atoms with Crippen LogP contribution in [-0.2, 0) is 9.84 Å². The van der Waals surface area contributed by atoms with Gasteiger partial charge in [-0.15, -0.1) is 0 Å². The third-order valence-electron chi connectivity index (χ3n) is 3.83. The number of hydrogen-bond donors (Lipinski definition) is 1.